The summed E-state index contributed by atoms with van der Waals surface area (Å²) < 4.78 is 67.8. The molecule has 51 heavy (non-hydrogen) atoms. The van der Waals surface area contributed by atoms with Gasteiger partial charge in [0.25, 0.3) is 11.5 Å². The molecule has 0 saturated carbocycles. The van der Waals surface area contributed by atoms with E-state index in [4.69, 9.17) is 44.5 Å². The second kappa shape index (κ2) is 32.4. The zero-order valence-electron chi connectivity index (χ0n) is 30.6. The molecule has 0 amide bonds. The van der Waals surface area contributed by atoms with Crippen LogP contribution in [-0.2, 0) is 47.7 Å². The molecule has 2 aromatic carbocycles. The first-order chi connectivity index (χ1) is 23.8. The Balaban J connectivity index is -0.000000625. The molecule has 0 aliphatic carbocycles. The van der Waals surface area contributed by atoms with Crippen molar-refractivity contribution in [2.24, 2.45) is 0 Å². The number of rotatable bonds is 12. The van der Waals surface area contributed by atoms with Crippen molar-refractivity contribution in [3.8, 4) is 23.0 Å². The van der Waals surface area contributed by atoms with Gasteiger partial charge in [-0.3, -0.25) is 18.6 Å². The van der Waals surface area contributed by atoms with E-state index >= 15 is 0 Å². The van der Waals surface area contributed by atoms with Gasteiger partial charge in [-0.15, -0.1) is 0 Å². The van der Waals surface area contributed by atoms with Crippen LogP contribution in [0.15, 0.2) is 36.4 Å². The minimum absolute atomic E-state index is 0. The number of ketones is 1. The van der Waals surface area contributed by atoms with Gasteiger partial charge in [-0.05, 0) is 49.1 Å². The van der Waals surface area contributed by atoms with E-state index in [0.29, 0.717) is 80.9 Å². The fourth-order valence-electron chi connectivity index (χ4n) is 3.29. The average molecular weight is 767 g/mol. The van der Waals surface area contributed by atoms with Crippen LogP contribution in [-0.4, -0.2) is 129 Å². The molecule has 20 heteroatoms. The molecule has 0 spiro atoms. The van der Waals surface area contributed by atoms with Crippen molar-refractivity contribution in [2.45, 2.75) is 19.1 Å². The van der Waals surface area contributed by atoms with Crippen LogP contribution in [0.3, 0.4) is 0 Å². The maximum atomic E-state index is 10.7. The number of methoxy groups -OCH3 is 2. The van der Waals surface area contributed by atoms with E-state index < -0.39 is 10.1 Å². The number of benzene rings is 2. The number of phenolic OH excluding ortho intramolecular Hbond substituents is 1. The largest absolute Gasteiger partial charge is 1.00 e. The Morgan fingerprint density at radius 1 is 0.882 bits per heavy atom. The third-order valence-electron chi connectivity index (χ3n) is 5.37. The van der Waals surface area contributed by atoms with Crippen molar-refractivity contribution in [3.63, 3.8) is 0 Å². The Morgan fingerprint density at radius 3 is 1.76 bits per heavy atom. The number of hydrogen-bond donors (Lipinski definition) is 2. The second-order valence-corrected chi connectivity index (χ2v) is 11.1. The average Bonchev–Trinajstić information content (AvgIpc) is 3.11. The Bertz CT molecular complexity index is 1370. The van der Waals surface area contributed by atoms with Gasteiger partial charge in [0, 0.05) is 11.1 Å². The Kier molecular flexibility index (Phi) is 32.2. The maximum absolute atomic E-state index is 10.7. The van der Waals surface area contributed by atoms with Crippen molar-refractivity contribution in [1.82, 2.24) is 0 Å². The quantitative estimate of drug-likeness (QED) is 0.0523. The van der Waals surface area contributed by atoms with Gasteiger partial charge in [-0.25, -0.2) is 5.26 Å². The van der Waals surface area contributed by atoms with E-state index in [1.54, 1.807) is 18.2 Å². The summed E-state index contributed by atoms with van der Waals surface area (Å²) >= 11 is 0. The minimum Gasteiger partial charge on any atom is -0.504 e. The molecule has 276 valence electrons. The molecule has 2 atom stereocenters. The van der Waals surface area contributed by atoms with Gasteiger partial charge in [0.15, 0.2) is 23.0 Å². The Labute approximate surface area is 343 Å². The molecule has 0 aromatic heterocycles. The molecule has 0 bridgehead atoms. The SMILES string of the molecule is COc1cc(C=O)ccc1O.COc1cc(C=O)ccc1OC[C@H]1COCCO1.CS(=O)(=O)OC[C@H]1COCCO1.[2H]OOC=O.[CH2-]C(C)=O.[Na+].[Na+]. The van der Waals surface area contributed by atoms with E-state index in [-0.39, 0.29) is 95.9 Å². The zero-order chi connectivity index (χ0) is 37.8. The summed E-state index contributed by atoms with van der Waals surface area (Å²) in [5.74, 6) is 1.40. The van der Waals surface area contributed by atoms with Crippen molar-refractivity contribution in [3.05, 3.63) is 54.4 Å². The van der Waals surface area contributed by atoms with Gasteiger partial charge >= 0.3 is 65.6 Å². The van der Waals surface area contributed by atoms with Crippen LogP contribution in [0.2, 0.25) is 0 Å². The van der Waals surface area contributed by atoms with E-state index in [0.717, 1.165) is 12.5 Å². The smallest absolute Gasteiger partial charge is 0.504 e. The molecule has 2 fully saturated rings. The van der Waals surface area contributed by atoms with Crippen LogP contribution in [0.25, 0.3) is 1.43 Å². The molecule has 4 rings (SSSR count). The first-order valence-electron chi connectivity index (χ1n) is 14.6. The van der Waals surface area contributed by atoms with Crippen molar-refractivity contribution in [2.75, 3.05) is 73.3 Å². The molecule has 0 unspecified atom stereocenters. The number of hydrogen-bond acceptors (Lipinski definition) is 17. The molecule has 0 radical (unpaired) electrons. The molecular formula is C31H43Na2O17S+. The van der Waals surface area contributed by atoms with Crippen LogP contribution < -0.4 is 73.3 Å². The van der Waals surface area contributed by atoms with Crippen LogP contribution in [0, 0.1) is 6.92 Å². The topological polar surface area (TPSA) is 226 Å². The molecule has 17 nitrogen and oxygen atoms in total. The molecule has 2 heterocycles. The number of phenols is 1. The van der Waals surface area contributed by atoms with Crippen LogP contribution in [0.4, 0.5) is 0 Å². The van der Waals surface area contributed by atoms with Crippen LogP contribution >= 0.6 is 0 Å². The molecular weight excluding hydrogens is 722 g/mol. The van der Waals surface area contributed by atoms with E-state index in [1.807, 2.05) is 0 Å². The van der Waals surface area contributed by atoms with Gasteiger partial charge in [-0.1, -0.05) is 0 Å². The van der Waals surface area contributed by atoms with Crippen molar-refractivity contribution in [1.29, 1.82) is 1.43 Å². The standard InChI is InChI=1S/C13H16O5.C8H8O3.C6H12O5S.C3H5O.CH2O3.2Na/c1-15-13-6-10(7-14)2-3-12(13)18-9-11-8-16-4-5-17-11;1-11-8-4-6(5-9)2-3-7(8)10;1-12(7,8)11-5-6-4-9-2-3-10-6;1-3(2)4;2-1-4-3;;/h2-3,6-7,11H,4-5,8-9H2,1H3;2-5,10H,1H3;6H,2-5H2,1H3;1H2,2H3;1,3H;;/q;;;-1;;2*+1/t11-;;6-;;;;/m1.1..../s1/i/hD. The summed E-state index contributed by atoms with van der Waals surface area (Å²) in [4.78, 5) is 42.5. The monoisotopic (exact) mass is 766 g/mol. The molecule has 2 aliphatic heterocycles. The summed E-state index contributed by atoms with van der Waals surface area (Å²) in [7, 11) is -0.386. The zero-order valence-corrected chi connectivity index (χ0v) is 34.4. The van der Waals surface area contributed by atoms with Gasteiger partial charge in [0.2, 0.25) is 0 Å². The van der Waals surface area contributed by atoms with E-state index in [1.165, 1.54) is 39.3 Å². The number of aldehydes is 2. The third kappa shape index (κ3) is 28.0. The van der Waals surface area contributed by atoms with Crippen molar-refractivity contribution >= 4 is 34.9 Å². The predicted octanol–water partition coefficient (Wildman–Crippen LogP) is -4.06. The van der Waals surface area contributed by atoms with Crippen LogP contribution in [0.1, 0.15) is 27.6 Å². The van der Waals surface area contributed by atoms with E-state index in [2.05, 4.69) is 21.3 Å². The summed E-state index contributed by atoms with van der Waals surface area (Å²) in [6, 6.07) is 9.45. The molecule has 2 aromatic rings. The number of carbonyl (C=O) groups is 4. The van der Waals surface area contributed by atoms with E-state index in [9.17, 15) is 22.8 Å². The number of carbonyl (C=O) groups excluding carboxylic acids is 4. The summed E-state index contributed by atoms with van der Waals surface area (Å²) in [5, 5.41) is 12.2. The van der Waals surface area contributed by atoms with Crippen molar-refractivity contribution < 1.29 is 139 Å². The molecule has 2 aliphatic rings. The van der Waals surface area contributed by atoms with Crippen LogP contribution in [0.5, 0.6) is 23.0 Å². The fraction of sp³-hybridized carbons (Fsp3) is 0.452. The fourth-order valence-corrected chi connectivity index (χ4v) is 3.69. The Morgan fingerprint density at radius 2 is 1.37 bits per heavy atom. The third-order valence-corrected chi connectivity index (χ3v) is 5.93. The number of Topliss-reactive ketones (excluding diaryl/α,β-unsaturated/α-hetero) is 1. The first kappa shape index (κ1) is 50.8. The summed E-state index contributed by atoms with van der Waals surface area (Å²) in [5.41, 5.74) is 1.04. The molecule has 2 saturated heterocycles. The maximum Gasteiger partial charge on any atom is 1.00 e. The summed E-state index contributed by atoms with van der Waals surface area (Å²) in [6.45, 7) is 8.10. The number of aromatic hydroxyl groups is 1. The second-order valence-electron chi connectivity index (χ2n) is 9.41. The predicted molar refractivity (Wildman–Crippen MR) is 172 cm³/mol. The summed E-state index contributed by atoms with van der Waals surface area (Å²) in [6.07, 6.45) is 2.16. The minimum atomic E-state index is -3.36. The normalized spacial score (nSPS) is 16.0. The van der Waals surface area contributed by atoms with Gasteiger partial charge in [0.1, 0.15) is 31.4 Å². The van der Waals surface area contributed by atoms with Gasteiger partial charge in [0.05, 0.1) is 66.7 Å². The molecule has 2 N–H and O–H groups in total. The van der Waals surface area contributed by atoms with Gasteiger partial charge < -0.3 is 54.9 Å². The Hall–Kier alpha value is -2.30. The van der Waals surface area contributed by atoms with Gasteiger partial charge in [-0.2, -0.15) is 8.42 Å². The number of ether oxygens (including phenoxy) is 7. The first-order valence-corrected chi connectivity index (χ1v) is 16.0.